The third-order valence-electron chi connectivity index (χ3n) is 3.39. The van der Waals surface area contributed by atoms with Crippen LogP contribution in [0.25, 0.3) is 0 Å². The minimum absolute atomic E-state index is 0.150. The zero-order chi connectivity index (χ0) is 17.4. The summed E-state index contributed by atoms with van der Waals surface area (Å²) in [5.41, 5.74) is 0.548. The van der Waals surface area contributed by atoms with Gasteiger partial charge in [0.1, 0.15) is 11.6 Å². The smallest absolute Gasteiger partial charge is 0.251 e. The molecule has 128 valence electrons. The Balaban J connectivity index is 1.64. The quantitative estimate of drug-likeness (QED) is 0.745. The summed E-state index contributed by atoms with van der Waals surface area (Å²) in [5, 5.41) is 2.83. The summed E-state index contributed by atoms with van der Waals surface area (Å²) in [6, 6.07) is 12.6. The Bertz CT molecular complexity index is 686. The first kappa shape index (κ1) is 18.1. The molecule has 0 aliphatic heterocycles. The van der Waals surface area contributed by atoms with E-state index in [4.69, 9.17) is 4.74 Å². The highest BCUT2D eigenvalue weighted by atomic mass is 32.2. The van der Waals surface area contributed by atoms with E-state index in [1.54, 1.807) is 42.7 Å². The molecule has 4 nitrogen and oxygen atoms in total. The Morgan fingerprint density at radius 3 is 2.38 bits per heavy atom. The summed E-state index contributed by atoms with van der Waals surface area (Å²) < 4.78 is 29.5. The molecule has 0 aliphatic carbocycles. The predicted octanol–water partition coefficient (Wildman–Crippen LogP) is 3.15. The summed E-state index contributed by atoms with van der Waals surface area (Å²) in [6.07, 6.45) is 3.17. The van der Waals surface area contributed by atoms with Gasteiger partial charge in [-0.15, -0.1) is 0 Å². The number of hydrogen-bond acceptors (Lipinski definition) is 3. The van der Waals surface area contributed by atoms with Gasteiger partial charge in [-0.3, -0.25) is 9.00 Å². The van der Waals surface area contributed by atoms with E-state index in [1.165, 1.54) is 12.1 Å². The summed E-state index contributed by atoms with van der Waals surface area (Å²) in [6.45, 7) is 1.06. The van der Waals surface area contributed by atoms with Crippen molar-refractivity contribution in [3.8, 4) is 5.75 Å². The van der Waals surface area contributed by atoms with Crippen LogP contribution in [0.5, 0.6) is 5.75 Å². The number of unbranched alkanes of at least 4 members (excludes halogenated alkanes) is 1. The zero-order valence-corrected chi connectivity index (χ0v) is 14.3. The second-order valence-corrected chi connectivity index (χ2v) is 6.62. The summed E-state index contributed by atoms with van der Waals surface area (Å²) >= 11 is 0. The van der Waals surface area contributed by atoms with Crippen LogP contribution >= 0.6 is 0 Å². The van der Waals surface area contributed by atoms with Crippen molar-refractivity contribution in [1.82, 2.24) is 5.32 Å². The van der Waals surface area contributed by atoms with Gasteiger partial charge in [-0.05, 0) is 61.4 Å². The van der Waals surface area contributed by atoms with E-state index >= 15 is 0 Å². The number of amides is 1. The molecule has 0 aliphatic rings. The van der Waals surface area contributed by atoms with Crippen LogP contribution in [0.2, 0.25) is 0 Å². The van der Waals surface area contributed by atoms with E-state index in [2.05, 4.69) is 5.32 Å². The van der Waals surface area contributed by atoms with Crippen LogP contribution in [-0.4, -0.2) is 29.5 Å². The molecular weight excluding hydrogens is 329 g/mol. The second kappa shape index (κ2) is 9.17. The van der Waals surface area contributed by atoms with Crippen molar-refractivity contribution in [3.05, 3.63) is 59.9 Å². The molecule has 0 radical (unpaired) electrons. The van der Waals surface area contributed by atoms with E-state index in [0.717, 1.165) is 12.8 Å². The minimum Gasteiger partial charge on any atom is -0.494 e. The lowest BCUT2D eigenvalue weighted by atomic mass is 10.2. The number of carbonyl (C=O) groups is 1. The van der Waals surface area contributed by atoms with Crippen molar-refractivity contribution in [2.45, 2.75) is 17.7 Å². The zero-order valence-electron chi connectivity index (χ0n) is 13.5. The van der Waals surface area contributed by atoms with Crippen LogP contribution in [0, 0.1) is 5.82 Å². The lowest BCUT2D eigenvalue weighted by Crippen LogP contribution is -2.24. The number of carbonyl (C=O) groups excluding carboxylic acids is 1. The Hall–Kier alpha value is -2.21. The van der Waals surface area contributed by atoms with Crippen LogP contribution in [0.15, 0.2) is 53.4 Å². The Morgan fingerprint density at radius 1 is 1.08 bits per heavy atom. The van der Waals surface area contributed by atoms with Crippen LogP contribution in [0.1, 0.15) is 23.2 Å². The molecule has 0 saturated carbocycles. The SMILES string of the molecule is CS(=O)c1ccc(C(=O)NCCCCOc2ccc(F)cc2)cc1. The first-order valence-electron chi connectivity index (χ1n) is 7.66. The average Bonchev–Trinajstić information content (AvgIpc) is 2.59. The third kappa shape index (κ3) is 5.77. The molecule has 1 N–H and O–H groups in total. The maximum absolute atomic E-state index is 12.7. The van der Waals surface area contributed by atoms with Crippen molar-refractivity contribution >= 4 is 16.7 Å². The maximum atomic E-state index is 12.7. The van der Waals surface area contributed by atoms with Gasteiger partial charge in [0.05, 0.1) is 6.61 Å². The normalized spacial score (nSPS) is 11.8. The molecule has 1 atom stereocenters. The lowest BCUT2D eigenvalue weighted by molar-refractivity contribution is 0.0952. The van der Waals surface area contributed by atoms with Gasteiger partial charge in [0.15, 0.2) is 0 Å². The van der Waals surface area contributed by atoms with Gasteiger partial charge in [0, 0.05) is 34.1 Å². The fourth-order valence-electron chi connectivity index (χ4n) is 2.05. The number of benzene rings is 2. The standard InChI is InChI=1S/C18H20FNO3S/c1-24(22)17-10-4-14(5-11-17)18(21)20-12-2-3-13-23-16-8-6-15(19)7-9-16/h4-11H,2-3,12-13H2,1H3,(H,20,21). The van der Waals surface area contributed by atoms with Gasteiger partial charge < -0.3 is 10.1 Å². The monoisotopic (exact) mass is 349 g/mol. The fraction of sp³-hybridized carbons (Fsp3) is 0.278. The van der Waals surface area contributed by atoms with Crippen LogP contribution in [0.4, 0.5) is 4.39 Å². The topological polar surface area (TPSA) is 55.4 Å². The van der Waals surface area contributed by atoms with Crippen molar-refractivity contribution in [3.63, 3.8) is 0 Å². The second-order valence-electron chi connectivity index (χ2n) is 5.24. The van der Waals surface area contributed by atoms with E-state index in [1.807, 2.05) is 0 Å². The highest BCUT2D eigenvalue weighted by molar-refractivity contribution is 7.84. The van der Waals surface area contributed by atoms with E-state index < -0.39 is 10.8 Å². The largest absolute Gasteiger partial charge is 0.494 e. The molecular formula is C18H20FNO3S. The Morgan fingerprint density at radius 2 is 1.75 bits per heavy atom. The molecule has 0 bridgehead atoms. The van der Waals surface area contributed by atoms with Gasteiger partial charge in [0.25, 0.3) is 5.91 Å². The predicted molar refractivity (Wildman–Crippen MR) is 92.2 cm³/mol. The molecule has 24 heavy (non-hydrogen) atoms. The Labute approximate surface area is 143 Å². The molecule has 0 fully saturated rings. The molecule has 6 heteroatoms. The average molecular weight is 349 g/mol. The molecule has 1 unspecified atom stereocenters. The molecule has 0 saturated heterocycles. The maximum Gasteiger partial charge on any atom is 0.251 e. The number of ether oxygens (including phenoxy) is 1. The number of halogens is 1. The minimum atomic E-state index is -1.04. The molecule has 2 aromatic carbocycles. The van der Waals surface area contributed by atoms with Gasteiger partial charge in [-0.25, -0.2) is 4.39 Å². The summed E-state index contributed by atoms with van der Waals surface area (Å²) in [5.74, 6) is 0.194. The van der Waals surface area contributed by atoms with E-state index in [9.17, 15) is 13.4 Å². The highest BCUT2D eigenvalue weighted by Gasteiger charge is 2.05. The van der Waals surface area contributed by atoms with Crippen molar-refractivity contribution < 1.29 is 18.1 Å². The first-order valence-corrected chi connectivity index (χ1v) is 9.22. The van der Waals surface area contributed by atoms with Crippen LogP contribution in [-0.2, 0) is 10.8 Å². The van der Waals surface area contributed by atoms with E-state index in [-0.39, 0.29) is 11.7 Å². The van der Waals surface area contributed by atoms with Crippen molar-refractivity contribution in [2.24, 2.45) is 0 Å². The van der Waals surface area contributed by atoms with Gasteiger partial charge in [-0.2, -0.15) is 0 Å². The molecule has 1 amide bonds. The highest BCUT2D eigenvalue weighted by Crippen LogP contribution is 2.11. The van der Waals surface area contributed by atoms with Gasteiger partial charge >= 0.3 is 0 Å². The molecule has 0 aromatic heterocycles. The van der Waals surface area contributed by atoms with Crippen molar-refractivity contribution in [1.29, 1.82) is 0 Å². The molecule has 2 aromatic rings. The summed E-state index contributed by atoms with van der Waals surface area (Å²) in [7, 11) is -1.04. The number of nitrogens with one attached hydrogen (secondary N) is 1. The number of rotatable bonds is 8. The summed E-state index contributed by atoms with van der Waals surface area (Å²) in [4.78, 5) is 12.7. The van der Waals surface area contributed by atoms with Crippen LogP contribution in [0.3, 0.4) is 0 Å². The fourth-order valence-corrected chi connectivity index (χ4v) is 2.57. The van der Waals surface area contributed by atoms with Crippen LogP contribution < -0.4 is 10.1 Å². The first-order chi connectivity index (χ1) is 11.6. The molecule has 2 rings (SSSR count). The lowest BCUT2D eigenvalue weighted by Gasteiger charge is -2.07. The molecule has 0 heterocycles. The third-order valence-corrected chi connectivity index (χ3v) is 4.32. The van der Waals surface area contributed by atoms with Gasteiger partial charge in [-0.1, -0.05) is 0 Å². The van der Waals surface area contributed by atoms with Crippen molar-refractivity contribution in [2.75, 3.05) is 19.4 Å². The van der Waals surface area contributed by atoms with E-state index in [0.29, 0.717) is 29.4 Å². The van der Waals surface area contributed by atoms with Gasteiger partial charge in [0.2, 0.25) is 0 Å². The number of hydrogen-bond donors (Lipinski definition) is 1. The Kier molecular flexibility index (Phi) is 6.93. The molecule has 0 spiro atoms.